The van der Waals surface area contributed by atoms with Crippen LogP contribution in [-0.4, -0.2) is 0 Å². The summed E-state index contributed by atoms with van der Waals surface area (Å²) in [5.74, 6) is 1.52. The number of hydrogen-bond acceptors (Lipinski definition) is 0. The van der Waals surface area contributed by atoms with Crippen LogP contribution < -0.4 is 0 Å². The van der Waals surface area contributed by atoms with Crippen molar-refractivity contribution in [1.82, 2.24) is 0 Å². The standard InChI is InChI=1S/C11H22/c1-6-8-11(9(3)4)10(5)7-2/h9,11H,5-8H2,1-4H3/t11-/m0/s1. The lowest BCUT2D eigenvalue weighted by atomic mass is 9.84. The summed E-state index contributed by atoms with van der Waals surface area (Å²) in [6, 6.07) is 0. The highest BCUT2D eigenvalue weighted by Crippen LogP contribution is 2.25. The second-order valence-corrected chi connectivity index (χ2v) is 3.65. The van der Waals surface area contributed by atoms with Crippen molar-refractivity contribution >= 4 is 0 Å². The van der Waals surface area contributed by atoms with Gasteiger partial charge in [-0.25, -0.2) is 0 Å². The molecule has 0 aromatic carbocycles. The maximum absolute atomic E-state index is 4.11. The summed E-state index contributed by atoms with van der Waals surface area (Å²) in [4.78, 5) is 0. The van der Waals surface area contributed by atoms with E-state index in [4.69, 9.17) is 0 Å². The highest BCUT2D eigenvalue weighted by Gasteiger charge is 2.13. The van der Waals surface area contributed by atoms with Gasteiger partial charge in [-0.2, -0.15) is 0 Å². The van der Waals surface area contributed by atoms with Gasteiger partial charge in [0.05, 0.1) is 0 Å². The first-order chi connectivity index (χ1) is 5.13. The molecule has 0 fully saturated rings. The molecule has 0 spiro atoms. The minimum Gasteiger partial charge on any atom is -0.0996 e. The molecule has 0 bridgehead atoms. The zero-order valence-corrected chi connectivity index (χ0v) is 8.48. The predicted molar refractivity (Wildman–Crippen MR) is 52.7 cm³/mol. The van der Waals surface area contributed by atoms with Crippen LogP contribution in [0, 0.1) is 11.8 Å². The first-order valence-electron chi connectivity index (χ1n) is 4.81. The number of rotatable bonds is 5. The Bertz CT molecular complexity index is 111. The largest absolute Gasteiger partial charge is 0.0996 e. The van der Waals surface area contributed by atoms with E-state index >= 15 is 0 Å². The summed E-state index contributed by atoms with van der Waals surface area (Å²) in [5.41, 5.74) is 1.43. The van der Waals surface area contributed by atoms with E-state index < -0.39 is 0 Å². The molecule has 0 aromatic heterocycles. The topological polar surface area (TPSA) is 0 Å². The van der Waals surface area contributed by atoms with Crippen LogP contribution in [0.4, 0.5) is 0 Å². The average Bonchev–Trinajstić information content (AvgIpc) is 1.98. The second-order valence-electron chi connectivity index (χ2n) is 3.65. The third-order valence-electron chi connectivity index (χ3n) is 2.38. The first kappa shape index (κ1) is 10.7. The van der Waals surface area contributed by atoms with Crippen LogP contribution in [0.25, 0.3) is 0 Å². The van der Waals surface area contributed by atoms with Crippen molar-refractivity contribution in [2.45, 2.75) is 47.0 Å². The zero-order chi connectivity index (χ0) is 8.85. The lowest BCUT2D eigenvalue weighted by molar-refractivity contribution is 0.404. The second kappa shape index (κ2) is 5.40. The SMILES string of the molecule is C=C(CC)[C@@H](CCC)C(C)C. The summed E-state index contributed by atoms with van der Waals surface area (Å²) in [6.45, 7) is 13.1. The van der Waals surface area contributed by atoms with Gasteiger partial charge in [0.15, 0.2) is 0 Å². The van der Waals surface area contributed by atoms with E-state index in [0.717, 1.165) is 18.3 Å². The highest BCUT2D eigenvalue weighted by molar-refractivity contribution is 5.00. The maximum Gasteiger partial charge on any atom is -0.0183 e. The van der Waals surface area contributed by atoms with Crippen molar-refractivity contribution in [1.29, 1.82) is 0 Å². The molecule has 66 valence electrons. The maximum atomic E-state index is 4.11. The fourth-order valence-corrected chi connectivity index (χ4v) is 1.58. The Morgan fingerprint density at radius 2 is 1.82 bits per heavy atom. The van der Waals surface area contributed by atoms with Crippen LogP contribution in [0.5, 0.6) is 0 Å². The smallest absolute Gasteiger partial charge is 0.0183 e. The Hall–Kier alpha value is -0.260. The van der Waals surface area contributed by atoms with E-state index in [1.807, 2.05) is 0 Å². The summed E-state index contributed by atoms with van der Waals surface area (Å²) >= 11 is 0. The predicted octanol–water partition coefficient (Wildman–Crippen LogP) is 4.02. The molecule has 0 saturated carbocycles. The van der Waals surface area contributed by atoms with Crippen molar-refractivity contribution in [2.24, 2.45) is 11.8 Å². The van der Waals surface area contributed by atoms with Crippen molar-refractivity contribution in [3.8, 4) is 0 Å². The Morgan fingerprint density at radius 1 is 1.27 bits per heavy atom. The van der Waals surface area contributed by atoms with Gasteiger partial charge in [-0.1, -0.05) is 46.3 Å². The molecule has 0 aromatic rings. The summed E-state index contributed by atoms with van der Waals surface area (Å²) in [6.07, 6.45) is 3.73. The molecule has 0 heterocycles. The summed E-state index contributed by atoms with van der Waals surface area (Å²) in [5, 5.41) is 0. The van der Waals surface area contributed by atoms with Crippen molar-refractivity contribution in [2.75, 3.05) is 0 Å². The third-order valence-corrected chi connectivity index (χ3v) is 2.38. The van der Waals surface area contributed by atoms with E-state index in [2.05, 4.69) is 34.3 Å². The quantitative estimate of drug-likeness (QED) is 0.524. The first-order valence-corrected chi connectivity index (χ1v) is 4.81. The lowest BCUT2D eigenvalue weighted by Gasteiger charge is -2.21. The van der Waals surface area contributed by atoms with Gasteiger partial charge in [-0.15, -0.1) is 0 Å². The Balaban J connectivity index is 3.98. The molecule has 1 atom stereocenters. The van der Waals surface area contributed by atoms with Gasteiger partial charge < -0.3 is 0 Å². The zero-order valence-electron chi connectivity index (χ0n) is 8.48. The number of allylic oxidation sites excluding steroid dienone is 1. The molecule has 0 rings (SSSR count). The average molecular weight is 154 g/mol. The van der Waals surface area contributed by atoms with E-state index in [1.165, 1.54) is 18.4 Å². The van der Waals surface area contributed by atoms with Gasteiger partial charge >= 0.3 is 0 Å². The molecule has 0 aliphatic rings. The number of hydrogen-bond donors (Lipinski definition) is 0. The molecule has 11 heavy (non-hydrogen) atoms. The minimum absolute atomic E-state index is 0.755. The van der Waals surface area contributed by atoms with Gasteiger partial charge in [0.25, 0.3) is 0 Å². The Kier molecular flexibility index (Phi) is 5.27. The van der Waals surface area contributed by atoms with E-state index in [-0.39, 0.29) is 0 Å². The van der Waals surface area contributed by atoms with E-state index in [0.29, 0.717) is 0 Å². The van der Waals surface area contributed by atoms with Crippen LogP contribution >= 0.6 is 0 Å². The minimum atomic E-state index is 0.755. The van der Waals surface area contributed by atoms with E-state index in [9.17, 15) is 0 Å². The van der Waals surface area contributed by atoms with Crippen molar-refractivity contribution < 1.29 is 0 Å². The van der Waals surface area contributed by atoms with Crippen LogP contribution in [0.1, 0.15) is 47.0 Å². The molecule has 0 radical (unpaired) electrons. The van der Waals surface area contributed by atoms with Crippen molar-refractivity contribution in [3.05, 3.63) is 12.2 Å². The van der Waals surface area contributed by atoms with Gasteiger partial charge in [-0.3, -0.25) is 0 Å². The molecule has 0 aliphatic heterocycles. The van der Waals surface area contributed by atoms with Gasteiger partial charge in [0.1, 0.15) is 0 Å². The molecular formula is C11H22. The monoisotopic (exact) mass is 154 g/mol. The molecular weight excluding hydrogens is 132 g/mol. The van der Waals surface area contributed by atoms with Gasteiger partial charge in [0, 0.05) is 0 Å². The van der Waals surface area contributed by atoms with Gasteiger partial charge in [-0.05, 0) is 24.7 Å². The fraction of sp³-hybridized carbons (Fsp3) is 0.818. The normalized spacial score (nSPS) is 13.5. The van der Waals surface area contributed by atoms with Crippen LogP contribution in [-0.2, 0) is 0 Å². The molecule has 0 saturated heterocycles. The third kappa shape index (κ3) is 3.60. The Labute approximate surface area is 71.7 Å². The van der Waals surface area contributed by atoms with Crippen LogP contribution in [0.2, 0.25) is 0 Å². The van der Waals surface area contributed by atoms with Crippen LogP contribution in [0.15, 0.2) is 12.2 Å². The molecule has 0 N–H and O–H groups in total. The van der Waals surface area contributed by atoms with E-state index in [1.54, 1.807) is 0 Å². The highest BCUT2D eigenvalue weighted by atomic mass is 14.2. The van der Waals surface area contributed by atoms with Gasteiger partial charge in [0.2, 0.25) is 0 Å². The molecule has 0 unspecified atom stereocenters. The molecule has 0 nitrogen and oxygen atoms in total. The summed E-state index contributed by atoms with van der Waals surface area (Å²) in [7, 11) is 0. The molecule has 0 heteroatoms. The van der Waals surface area contributed by atoms with Crippen molar-refractivity contribution in [3.63, 3.8) is 0 Å². The van der Waals surface area contributed by atoms with Crippen LogP contribution in [0.3, 0.4) is 0 Å². The Morgan fingerprint density at radius 3 is 2.09 bits per heavy atom. The lowest BCUT2D eigenvalue weighted by Crippen LogP contribution is -2.10. The molecule has 0 aliphatic carbocycles. The molecule has 0 amide bonds. The fourth-order valence-electron chi connectivity index (χ4n) is 1.58. The summed E-state index contributed by atoms with van der Waals surface area (Å²) < 4.78 is 0.